The van der Waals surface area contributed by atoms with E-state index in [1.807, 2.05) is 0 Å². The van der Waals surface area contributed by atoms with Crippen molar-refractivity contribution in [1.29, 1.82) is 0 Å². The number of amides is 1. The summed E-state index contributed by atoms with van der Waals surface area (Å²) in [5, 5.41) is 0. The van der Waals surface area contributed by atoms with E-state index in [4.69, 9.17) is 10.5 Å². The van der Waals surface area contributed by atoms with Crippen LogP contribution in [-0.2, 0) is 11.3 Å². The molecule has 2 aromatic heterocycles. The molecule has 2 saturated heterocycles. The molecule has 9 nitrogen and oxygen atoms in total. The first-order valence-corrected chi connectivity index (χ1v) is 12.1. The lowest BCUT2D eigenvalue weighted by Gasteiger charge is -2.37. The molecule has 3 aromatic rings. The quantitative estimate of drug-likeness (QED) is 0.621. The van der Waals surface area contributed by atoms with Crippen LogP contribution in [0.3, 0.4) is 0 Å². The number of hydrogen-bond acceptors (Lipinski definition) is 7. The van der Waals surface area contributed by atoms with Gasteiger partial charge in [0.2, 0.25) is 11.9 Å². The Hall–Kier alpha value is -3.20. The topological polar surface area (TPSA) is 102 Å². The van der Waals surface area contributed by atoms with Crippen LogP contribution in [0.25, 0.3) is 11.0 Å². The Labute approximate surface area is 199 Å². The zero-order valence-electron chi connectivity index (χ0n) is 20.0. The minimum Gasteiger partial charge on any atom is -0.468 e. The van der Waals surface area contributed by atoms with Gasteiger partial charge in [0.1, 0.15) is 0 Å². The molecule has 1 amide bonds. The number of likely N-dealkylation sites (tertiary alicyclic amines) is 2. The maximum absolute atomic E-state index is 13.3. The maximum atomic E-state index is 13.3. The summed E-state index contributed by atoms with van der Waals surface area (Å²) in [5.74, 6) is 0.723. The summed E-state index contributed by atoms with van der Waals surface area (Å²) in [6, 6.07) is 7.28. The third kappa shape index (κ3) is 4.57. The Morgan fingerprint density at radius 1 is 1.09 bits per heavy atom. The average molecular weight is 464 g/mol. The summed E-state index contributed by atoms with van der Waals surface area (Å²) in [5.41, 5.74) is 9.88. The van der Waals surface area contributed by atoms with E-state index in [0.717, 1.165) is 75.0 Å². The fourth-order valence-electron chi connectivity index (χ4n) is 5.33. The van der Waals surface area contributed by atoms with E-state index in [-0.39, 0.29) is 12.0 Å². The number of nitrogens with zero attached hydrogens (tertiary/aromatic N) is 6. The normalized spacial score (nSPS) is 18.5. The van der Waals surface area contributed by atoms with E-state index in [0.29, 0.717) is 17.9 Å². The second kappa shape index (κ2) is 9.58. The summed E-state index contributed by atoms with van der Waals surface area (Å²) in [6.07, 6.45) is 7.18. The minimum atomic E-state index is 0.113. The van der Waals surface area contributed by atoms with Crippen molar-refractivity contribution in [2.24, 2.45) is 5.92 Å². The number of ether oxygens (including phenoxy) is 1. The highest BCUT2D eigenvalue weighted by Crippen LogP contribution is 2.33. The molecule has 0 aliphatic carbocycles. The van der Waals surface area contributed by atoms with Gasteiger partial charge in [0, 0.05) is 49.6 Å². The molecular formula is C25H33N7O2. The molecule has 0 unspecified atom stereocenters. The van der Waals surface area contributed by atoms with Gasteiger partial charge in [0.25, 0.3) is 6.01 Å². The summed E-state index contributed by atoms with van der Waals surface area (Å²) < 4.78 is 7.82. The van der Waals surface area contributed by atoms with Crippen molar-refractivity contribution >= 4 is 22.9 Å². The second-order valence-corrected chi connectivity index (χ2v) is 9.52. The molecule has 2 aliphatic rings. The smallest absolute Gasteiger partial charge is 0.297 e. The number of nitrogen functional groups attached to an aromatic ring is 1. The Balaban J connectivity index is 1.16. The van der Waals surface area contributed by atoms with E-state index in [1.165, 1.54) is 5.56 Å². The zero-order valence-corrected chi connectivity index (χ0v) is 20.0. The molecule has 2 fully saturated rings. The molecule has 0 saturated carbocycles. The van der Waals surface area contributed by atoms with Gasteiger partial charge < -0.3 is 15.4 Å². The molecule has 1 aromatic carbocycles. The van der Waals surface area contributed by atoms with Crippen LogP contribution in [0, 0.1) is 12.8 Å². The lowest BCUT2D eigenvalue weighted by Crippen LogP contribution is -2.45. The number of piperidine rings is 2. The summed E-state index contributed by atoms with van der Waals surface area (Å²) in [6.45, 7) is 6.25. The fraction of sp³-hybridized carbons (Fsp3) is 0.520. The van der Waals surface area contributed by atoms with Crippen LogP contribution in [0.1, 0.15) is 42.9 Å². The molecule has 0 spiro atoms. The largest absolute Gasteiger partial charge is 0.468 e. The average Bonchev–Trinajstić information content (AvgIpc) is 3.23. The number of carbonyl (C=O) groups is 1. The van der Waals surface area contributed by atoms with Crippen LogP contribution in [0.2, 0.25) is 0 Å². The standard InChI is InChI=1S/C25H33N7O2/c1-17-3-4-22-21(13-17)29-25(34-2)32(22)20-7-11-31(12-8-20)23(33)19-5-9-30(10-6-19)16-18-14-27-24(26)28-15-18/h3-4,13-15,19-20H,5-12,16H2,1-2H3,(H2,26,27,28). The van der Waals surface area contributed by atoms with E-state index < -0.39 is 0 Å². The van der Waals surface area contributed by atoms with Crippen LogP contribution in [-0.4, -0.2) is 68.5 Å². The molecule has 2 aliphatic heterocycles. The number of benzene rings is 1. The number of imidazole rings is 1. The third-order valence-electron chi connectivity index (χ3n) is 7.20. The van der Waals surface area contributed by atoms with Gasteiger partial charge in [-0.2, -0.15) is 4.98 Å². The van der Waals surface area contributed by atoms with E-state index in [9.17, 15) is 4.79 Å². The highest BCUT2D eigenvalue weighted by molar-refractivity contribution is 5.79. The van der Waals surface area contributed by atoms with Crippen LogP contribution in [0.5, 0.6) is 6.01 Å². The Morgan fingerprint density at radius 2 is 1.79 bits per heavy atom. The fourth-order valence-corrected chi connectivity index (χ4v) is 5.33. The van der Waals surface area contributed by atoms with Gasteiger partial charge in [-0.05, 0) is 63.4 Å². The van der Waals surface area contributed by atoms with Crippen molar-refractivity contribution in [3.05, 3.63) is 41.7 Å². The highest BCUT2D eigenvalue weighted by atomic mass is 16.5. The second-order valence-electron chi connectivity index (χ2n) is 9.52. The molecular weight excluding hydrogens is 430 g/mol. The maximum Gasteiger partial charge on any atom is 0.297 e. The van der Waals surface area contributed by atoms with Gasteiger partial charge in [0.05, 0.1) is 18.1 Å². The molecule has 9 heteroatoms. The van der Waals surface area contributed by atoms with Crippen molar-refractivity contribution in [3.8, 4) is 6.01 Å². The number of aromatic nitrogens is 4. The molecule has 5 rings (SSSR count). The lowest BCUT2D eigenvalue weighted by atomic mass is 9.93. The predicted octanol–water partition coefficient (Wildman–Crippen LogP) is 2.80. The molecule has 0 radical (unpaired) electrons. The first-order valence-electron chi connectivity index (χ1n) is 12.1. The van der Waals surface area contributed by atoms with Crippen LogP contribution < -0.4 is 10.5 Å². The van der Waals surface area contributed by atoms with Crippen molar-refractivity contribution in [3.63, 3.8) is 0 Å². The Kier molecular flexibility index (Phi) is 6.36. The molecule has 180 valence electrons. The van der Waals surface area contributed by atoms with Gasteiger partial charge in [0.15, 0.2) is 0 Å². The van der Waals surface area contributed by atoms with Crippen molar-refractivity contribution in [1.82, 2.24) is 29.3 Å². The highest BCUT2D eigenvalue weighted by Gasteiger charge is 2.32. The first kappa shape index (κ1) is 22.6. The van der Waals surface area contributed by atoms with Gasteiger partial charge in [-0.3, -0.25) is 14.3 Å². The van der Waals surface area contributed by atoms with E-state index >= 15 is 0 Å². The molecule has 0 bridgehead atoms. The summed E-state index contributed by atoms with van der Waals surface area (Å²) in [7, 11) is 1.68. The number of anilines is 1. The molecule has 0 atom stereocenters. The van der Waals surface area contributed by atoms with Crippen LogP contribution in [0.4, 0.5) is 5.95 Å². The van der Waals surface area contributed by atoms with Crippen LogP contribution >= 0.6 is 0 Å². The molecule has 4 heterocycles. The number of carbonyl (C=O) groups excluding carboxylic acids is 1. The number of hydrogen-bond donors (Lipinski definition) is 1. The minimum absolute atomic E-state index is 0.113. The monoisotopic (exact) mass is 463 g/mol. The predicted molar refractivity (Wildman–Crippen MR) is 130 cm³/mol. The third-order valence-corrected chi connectivity index (χ3v) is 7.20. The van der Waals surface area contributed by atoms with Gasteiger partial charge in [-0.15, -0.1) is 0 Å². The van der Waals surface area contributed by atoms with Gasteiger partial charge in [-0.1, -0.05) is 6.07 Å². The number of rotatable bonds is 5. The van der Waals surface area contributed by atoms with Gasteiger partial charge >= 0.3 is 0 Å². The Bertz CT molecular complexity index is 1140. The number of fused-ring (bicyclic) bond motifs is 1. The number of aryl methyl sites for hydroxylation is 1. The van der Waals surface area contributed by atoms with Crippen LogP contribution in [0.15, 0.2) is 30.6 Å². The van der Waals surface area contributed by atoms with E-state index in [2.05, 4.69) is 54.4 Å². The summed E-state index contributed by atoms with van der Waals surface area (Å²) in [4.78, 5) is 30.5. The number of methoxy groups -OCH3 is 1. The molecule has 2 N–H and O–H groups in total. The zero-order chi connectivity index (χ0) is 23.7. The first-order chi connectivity index (χ1) is 16.5. The van der Waals surface area contributed by atoms with Crippen molar-refractivity contribution in [2.75, 3.05) is 39.0 Å². The SMILES string of the molecule is COc1nc2cc(C)ccc2n1C1CCN(C(=O)C2CCN(Cc3cnc(N)nc3)CC2)CC1. The lowest BCUT2D eigenvalue weighted by molar-refractivity contribution is -0.138. The number of nitrogens with two attached hydrogens (primary N) is 1. The Morgan fingerprint density at radius 3 is 2.47 bits per heavy atom. The van der Waals surface area contributed by atoms with Crippen molar-refractivity contribution < 1.29 is 9.53 Å². The molecule has 34 heavy (non-hydrogen) atoms. The van der Waals surface area contributed by atoms with E-state index in [1.54, 1.807) is 19.5 Å². The summed E-state index contributed by atoms with van der Waals surface area (Å²) >= 11 is 0. The van der Waals surface area contributed by atoms with Gasteiger partial charge in [-0.25, -0.2) is 9.97 Å². The van der Waals surface area contributed by atoms with Crippen molar-refractivity contribution in [2.45, 2.75) is 45.2 Å².